The van der Waals surface area contributed by atoms with Crippen LogP contribution in [0.1, 0.15) is 92.4 Å². The van der Waals surface area contributed by atoms with Gasteiger partial charge >= 0.3 is 0 Å². The van der Waals surface area contributed by atoms with E-state index in [2.05, 4.69) is 64.1 Å². The molecule has 1 rings (SSSR count). The van der Waals surface area contributed by atoms with Crippen LogP contribution in [0.25, 0.3) is 0 Å². The molecule has 1 aliphatic rings. The quantitative estimate of drug-likeness (QED) is 0.355. The molecule has 0 radical (unpaired) electrons. The van der Waals surface area contributed by atoms with Crippen molar-refractivity contribution in [3.05, 3.63) is 36.1 Å². The SMILES string of the molecule is C=C(CCC(=C)NC1CCC(/C=C(/C)CC)CC1)CCN(CCC)C(C)C. The summed E-state index contributed by atoms with van der Waals surface area (Å²) in [6, 6.07) is 1.25. The minimum atomic E-state index is 0.623. The molecule has 1 fully saturated rings. The van der Waals surface area contributed by atoms with Crippen LogP contribution in [0, 0.1) is 5.92 Å². The molecular formula is C25H46N2. The third-order valence-electron chi connectivity index (χ3n) is 6.03. The average molecular weight is 375 g/mol. The zero-order valence-corrected chi connectivity index (χ0v) is 18.9. The van der Waals surface area contributed by atoms with E-state index in [1.807, 2.05) is 0 Å². The molecule has 0 amide bonds. The van der Waals surface area contributed by atoms with Crippen molar-refractivity contribution in [1.82, 2.24) is 10.2 Å². The number of hydrogen-bond acceptors (Lipinski definition) is 2. The fraction of sp³-hybridized carbons (Fsp3) is 0.760. The van der Waals surface area contributed by atoms with Gasteiger partial charge in [0.15, 0.2) is 0 Å². The van der Waals surface area contributed by atoms with E-state index in [-0.39, 0.29) is 0 Å². The molecule has 0 saturated heterocycles. The van der Waals surface area contributed by atoms with Crippen LogP contribution in [0.3, 0.4) is 0 Å². The first kappa shape index (κ1) is 24.0. The fourth-order valence-electron chi connectivity index (χ4n) is 3.98. The largest absolute Gasteiger partial charge is 0.386 e. The molecule has 0 spiro atoms. The third-order valence-corrected chi connectivity index (χ3v) is 6.03. The molecule has 0 aromatic heterocycles. The summed E-state index contributed by atoms with van der Waals surface area (Å²) in [6.07, 6.45) is 13.3. The Bertz CT molecular complexity index is 467. The molecule has 2 nitrogen and oxygen atoms in total. The van der Waals surface area contributed by atoms with Crippen LogP contribution < -0.4 is 5.32 Å². The monoisotopic (exact) mass is 374 g/mol. The van der Waals surface area contributed by atoms with E-state index in [0.717, 1.165) is 31.7 Å². The van der Waals surface area contributed by atoms with E-state index in [4.69, 9.17) is 0 Å². The van der Waals surface area contributed by atoms with Gasteiger partial charge in [0.2, 0.25) is 0 Å². The molecule has 1 aliphatic carbocycles. The first-order valence-electron chi connectivity index (χ1n) is 11.4. The lowest BCUT2D eigenvalue weighted by Crippen LogP contribution is -2.33. The van der Waals surface area contributed by atoms with Gasteiger partial charge in [-0.2, -0.15) is 0 Å². The Hall–Kier alpha value is -1.02. The first-order valence-corrected chi connectivity index (χ1v) is 11.4. The summed E-state index contributed by atoms with van der Waals surface area (Å²) in [6.45, 7) is 22.3. The van der Waals surface area contributed by atoms with Crippen molar-refractivity contribution in [2.45, 2.75) is 104 Å². The van der Waals surface area contributed by atoms with Crippen molar-refractivity contribution in [3.8, 4) is 0 Å². The number of nitrogens with one attached hydrogen (secondary N) is 1. The molecule has 1 N–H and O–H groups in total. The Kier molecular flexibility index (Phi) is 11.7. The molecule has 0 aliphatic heterocycles. The Morgan fingerprint density at radius 3 is 2.26 bits per heavy atom. The normalized spacial score (nSPS) is 20.9. The minimum Gasteiger partial charge on any atom is -0.386 e. The van der Waals surface area contributed by atoms with Crippen molar-refractivity contribution in [3.63, 3.8) is 0 Å². The highest BCUT2D eigenvalue weighted by Gasteiger charge is 2.20. The molecule has 156 valence electrons. The molecule has 27 heavy (non-hydrogen) atoms. The van der Waals surface area contributed by atoms with Gasteiger partial charge in [-0.3, -0.25) is 0 Å². The maximum atomic E-state index is 4.31. The number of rotatable bonds is 13. The predicted molar refractivity (Wildman–Crippen MR) is 122 cm³/mol. The van der Waals surface area contributed by atoms with Gasteiger partial charge in [0, 0.05) is 24.3 Å². The molecular weight excluding hydrogens is 328 g/mol. The molecule has 1 saturated carbocycles. The van der Waals surface area contributed by atoms with Crippen LogP contribution in [0.2, 0.25) is 0 Å². The standard InChI is InChI=1S/C25H46N2/c1-8-17-27(20(3)4)18-16-22(6)10-11-23(7)26-25-14-12-24(13-15-25)19-21(5)9-2/h19-20,24-26H,6-18H2,1-5H3/b21-19-. The fourth-order valence-corrected chi connectivity index (χ4v) is 3.98. The maximum absolute atomic E-state index is 4.31. The van der Waals surface area contributed by atoms with Crippen LogP contribution in [-0.4, -0.2) is 30.1 Å². The third kappa shape index (κ3) is 10.2. The zero-order chi connectivity index (χ0) is 20.2. The predicted octanol–water partition coefficient (Wildman–Crippen LogP) is 6.85. The number of hydrogen-bond donors (Lipinski definition) is 1. The highest BCUT2D eigenvalue weighted by Crippen LogP contribution is 2.27. The molecule has 2 heteroatoms. The minimum absolute atomic E-state index is 0.623. The molecule has 0 heterocycles. The van der Waals surface area contributed by atoms with Gasteiger partial charge in [-0.05, 0) is 91.0 Å². The van der Waals surface area contributed by atoms with Gasteiger partial charge in [0.05, 0.1) is 0 Å². The average Bonchev–Trinajstić information content (AvgIpc) is 2.64. The van der Waals surface area contributed by atoms with Gasteiger partial charge in [-0.25, -0.2) is 0 Å². The smallest absolute Gasteiger partial charge is 0.0258 e. The zero-order valence-electron chi connectivity index (χ0n) is 18.9. The summed E-state index contributed by atoms with van der Waals surface area (Å²) in [7, 11) is 0. The van der Waals surface area contributed by atoms with Gasteiger partial charge in [-0.15, -0.1) is 0 Å². The number of nitrogens with zero attached hydrogens (tertiary/aromatic N) is 1. The van der Waals surface area contributed by atoms with Crippen molar-refractivity contribution in [2.75, 3.05) is 13.1 Å². The van der Waals surface area contributed by atoms with Crippen LogP contribution in [-0.2, 0) is 0 Å². The summed E-state index contributed by atoms with van der Waals surface area (Å²) < 4.78 is 0. The topological polar surface area (TPSA) is 15.3 Å². The molecule has 0 atom stereocenters. The molecule has 0 bridgehead atoms. The molecule has 0 aromatic carbocycles. The molecule has 0 aromatic rings. The lowest BCUT2D eigenvalue weighted by Gasteiger charge is -2.29. The van der Waals surface area contributed by atoms with E-state index in [1.165, 1.54) is 56.3 Å². The lowest BCUT2D eigenvalue weighted by atomic mass is 9.84. The Labute approximate surface area is 170 Å². The summed E-state index contributed by atoms with van der Waals surface area (Å²) >= 11 is 0. The van der Waals surface area contributed by atoms with E-state index >= 15 is 0 Å². The van der Waals surface area contributed by atoms with Crippen LogP contribution >= 0.6 is 0 Å². The van der Waals surface area contributed by atoms with Crippen molar-refractivity contribution < 1.29 is 0 Å². The first-order chi connectivity index (χ1) is 12.8. The Morgan fingerprint density at radius 2 is 1.70 bits per heavy atom. The van der Waals surface area contributed by atoms with Crippen molar-refractivity contribution in [1.29, 1.82) is 0 Å². The van der Waals surface area contributed by atoms with E-state index < -0.39 is 0 Å². The van der Waals surface area contributed by atoms with E-state index in [0.29, 0.717) is 12.1 Å². The van der Waals surface area contributed by atoms with Crippen molar-refractivity contribution >= 4 is 0 Å². The summed E-state index contributed by atoms with van der Waals surface area (Å²) in [5, 5.41) is 3.70. The molecule has 0 unspecified atom stereocenters. The van der Waals surface area contributed by atoms with E-state index in [9.17, 15) is 0 Å². The van der Waals surface area contributed by atoms with Crippen LogP contribution in [0.15, 0.2) is 36.1 Å². The maximum Gasteiger partial charge on any atom is 0.0258 e. The van der Waals surface area contributed by atoms with Gasteiger partial charge in [0.1, 0.15) is 0 Å². The second-order valence-corrected chi connectivity index (χ2v) is 8.86. The summed E-state index contributed by atoms with van der Waals surface area (Å²) in [4.78, 5) is 2.56. The Morgan fingerprint density at radius 1 is 1.04 bits per heavy atom. The second kappa shape index (κ2) is 13.2. The Balaban J connectivity index is 2.23. The van der Waals surface area contributed by atoms with Crippen LogP contribution in [0.5, 0.6) is 0 Å². The lowest BCUT2D eigenvalue weighted by molar-refractivity contribution is 0.224. The van der Waals surface area contributed by atoms with Crippen LogP contribution in [0.4, 0.5) is 0 Å². The highest BCUT2D eigenvalue weighted by atomic mass is 15.1. The van der Waals surface area contributed by atoms with E-state index in [1.54, 1.807) is 5.57 Å². The highest BCUT2D eigenvalue weighted by molar-refractivity contribution is 5.05. The van der Waals surface area contributed by atoms with Gasteiger partial charge in [-0.1, -0.05) is 44.2 Å². The summed E-state index contributed by atoms with van der Waals surface area (Å²) in [5.74, 6) is 0.795. The van der Waals surface area contributed by atoms with Crippen molar-refractivity contribution in [2.24, 2.45) is 5.92 Å². The van der Waals surface area contributed by atoms with Gasteiger partial charge < -0.3 is 10.2 Å². The second-order valence-electron chi connectivity index (χ2n) is 8.86. The van der Waals surface area contributed by atoms with Gasteiger partial charge in [0.25, 0.3) is 0 Å². The number of allylic oxidation sites excluding steroid dienone is 3. The summed E-state index contributed by atoms with van der Waals surface area (Å²) in [5.41, 5.74) is 4.11.